The molecule has 0 unspecified atom stereocenters. The van der Waals surface area contributed by atoms with Gasteiger partial charge < -0.3 is 9.80 Å². The number of thiophene rings is 1. The van der Waals surface area contributed by atoms with Gasteiger partial charge in [0.05, 0.1) is 32.9 Å². The molecule has 7 heteroatoms. The van der Waals surface area contributed by atoms with Gasteiger partial charge in [0.15, 0.2) is 5.65 Å². The highest BCUT2D eigenvalue weighted by Crippen LogP contribution is 2.31. The van der Waals surface area contributed by atoms with Gasteiger partial charge >= 0.3 is 0 Å². The summed E-state index contributed by atoms with van der Waals surface area (Å²) in [4.78, 5) is 23.8. The van der Waals surface area contributed by atoms with Crippen LogP contribution in [0.1, 0.15) is 16.1 Å². The number of amides is 1. The Hall–Kier alpha value is -3.03. The highest BCUT2D eigenvalue weighted by molar-refractivity contribution is 7.13. The Kier molecular flexibility index (Phi) is 4.84. The van der Waals surface area contributed by atoms with Crippen molar-refractivity contribution in [3.05, 3.63) is 65.2 Å². The van der Waals surface area contributed by atoms with E-state index in [1.165, 1.54) is 0 Å². The van der Waals surface area contributed by atoms with E-state index in [4.69, 9.17) is 10.1 Å². The molecule has 0 aliphatic carbocycles. The minimum atomic E-state index is 0.0593. The van der Waals surface area contributed by atoms with Gasteiger partial charge in [0.1, 0.15) is 0 Å². The summed E-state index contributed by atoms with van der Waals surface area (Å²) in [7, 11) is 2.09. The van der Waals surface area contributed by atoms with Crippen molar-refractivity contribution in [3.8, 4) is 16.3 Å². The van der Waals surface area contributed by atoms with Gasteiger partial charge in [0.2, 0.25) is 0 Å². The second-order valence-corrected chi connectivity index (χ2v) is 8.61. The highest BCUT2D eigenvalue weighted by Gasteiger charge is 2.26. The summed E-state index contributed by atoms with van der Waals surface area (Å²) in [5.41, 5.74) is 3.97. The molecule has 0 saturated carbocycles. The molecule has 1 saturated heterocycles. The van der Waals surface area contributed by atoms with Gasteiger partial charge in [-0.15, -0.1) is 11.3 Å². The lowest BCUT2D eigenvalue weighted by Gasteiger charge is -2.32. The topological polar surface area (TPSA) is 54.3 Å². The Balaban J connectivity index is 1.71. The maximum absolute atomic E-state index is 13.6. The SMILES string of the molecule is Cc1nn(-c2ccccc2)c2nc(-c3cccs3)cc(C(=O)N3CCN(C)CC3)c12. The van der Waals surface area contributed by atoms with Crippen molar-refractivity contribution in [1.82, 2.24) is 24.6 Å². The van der Waals surface area contributed by atoms with Gasteiger partial charge in [-0.3, -0.25) is 4.79 Å². The fraction of sp³-hybridized carbons (Fsp3) is 0.261. The molecule has 0 radical (unpaired) electrons. The lowest BCUT2D eigenvalue weighted by atomic mass is 10.1. The average molecular weight is 418 g/mol. The number of carbonyl (C=O) groups excluding carboxylic acids is 1. The third-order valence-electron chi connectivity index (χ3n) is 5.61. The van der Waals surface area contributed by atoms with Crippen molar-refractivity contribution < 1.29 is 4.79 Å². The van der Waals surface area contributed by atoms with Gasteiger partial charge in [0, 0.05) is 26.2 Å². The van der Waals surface area contributed by atoms with Gasteiger partial charge in [-0.2, -0.15) is 5.10 Å². The molecule has 1 amide bonds. The third kappa shape index (κ3) is 3.30. The molecule has 1 aromatic carbocycles. The minimum absolute atomic E-state index is 0.0593. The predicted octanol–water partition coefficient (Wildman–Crippen LogP) is 3.85. The number of likely N-dealkylation sites (N-methyl/N-ethyl adjacent to an activating group) is 1. The maximum atomic E-state index is 13.6. The van der Waals surface area contributed by atoms with Crippen LogP contribution in [0.2, 0.25) is 0 Å². The van der Waals surface area contributed by atoms with Crippen LogP contribution in [0.4, 0.5) is 0 Å². The molecule has 1 aliphatic heterocycles. The molecule has 4 heterocycles. The van der Waals surface area contributed by atoms with E-state index < -0.39 is 0 Å². The summed E-state index contributed by atoms with van der Waals surface area (Å²) in [6.45, 7) is 5.20. The van der Waals surface area contributed by atoms with Crippen molar-refractivity contribution in [2.45, 2.75) is 6.92 Å². The third-order valence-corrected chi connectivity index (χ3v) is 6.50. The average Bonchev–Trinajstić information content (AvgIpc) is 3.42. The van der Waals surface area contributed by atoms with E-state index in [0.717, 1.165) is 59.2 Å². The van der Waals surface area contributed by atoms with Gasteiger partial charge in [0.25, 0.3) is 5.91 Å². The van der Waals surface area contributed by atoms with Crippen LogP contribution in [0.25, 0.3) is 27.3 Å². The van der Waals surface area contributed by atoms with Gasteiger partial charge in [-0.25, -0.2) is 9.67 Å². The molecule has 5 rings (SSSR count). The first-order chi connectivity index (χ1) is 14.6. The van der Waals surface area contributed by atoms with E-state index in [1.807, 2.05) is 70.4 Å². The molecule has 30 heavy (non-hydrogen) atoms. The Morgan fingerprint density at radius 1 is 1.03 bits per heavy atom. The van der Waals surface area contributed by atoms with E-state index in [-0.39, 0.29) is 5.91 Å². The molecular weight excluding hydrogens is 394 g/mol. The number of piperazine rings is 1. The van der Waals surface area contributed by atoms with Crippen LogP contribution in [-0.4, -0.2) is 63.7 Å². The molecule has 3 aromatic heterocycles. The Labute approximate surface area is 179 Å². The fourth-order valence-corrected chi connectivity index (χ4v) is 4.62. The summed E-state index contributed by atoms with van der Waals surface area (Å²) in [5, 5.41) is 7.63. The standard InChI is InChI=1S/C23H23N5OS/c1-16-21-18(23(29)27-12-10-26(2)11-13-27)15-19(20-9-6-14-30-20)24-22(21)28(25-16)17-7-4-3-5-8-17/h3-9,14-15H,10-13H2,1-2H3. The molecule has 0 N–H and O–H groups in total. The molecular formula is C23H23N5OS. The maximum Gasteiger partial charge on any atom is 0.254 e. The van der Waals surface area contributed by atoms with Crippen LogP contribution in [-0.2, 0) is 0 Å². The Morgan fingerprint density at radius 3 is 2.50 bits per heavy atom. The van der Waals surface area contributed by atoms with Crippen molar-refractivity contribution in [3.63, 3.8) is 0 Å². The monoisotopic (exact) mass is 417 g/mol. The summed E-state index contributed by atoms with van der Waals surface area (Å²) in [6.07, 6.45) is 0. The van der Waals surface area contributed by atoms with Crippen LogP contribution in [0.3, 0.4) is 0 Å². The summed E-state index contributed by atoms with van der Waals surface area (Å²) in [5.74, 6) is 0.0593. The second kappa shape index (κ2) is 7.66. The first-order valence-corrected chi connectivity index (χ1v) is 11.0. The quantitative estimate of drug-likeness (QED) is 0.508. The zero-order valence-electron chi connectivity index (χ0n) is 17.1. The van der Waals surface area contributed by atoms with Crippen LogP contribution >= 0.6 is 11.3 Å². The van der Waals surface area contributed by atoms with E-state index in [2.05, 4.69) is 11.9 Å². The number of hydrogen-bond donors (Lipinski definition) is 0. The Bertz CT molecular complexity index is 1190. The van der Waals surface area contributed by atoms with Crippen LogP contribution in [0.5, 0.6) is 0 Å². The van der Waals surface area contributed by atoms with Crippen LogP contribution in [0.15, 0.2) is 53.9 Å². The zero-order valence-corrected chi connectivity index (χ0v) is 17.9. The molecule has 4 aromatic rings. The molecule has 6 nitrogen and oxygen atoms in total. The smallest absolute Gasteiger partial charge is 0.254 e. The number of fused-ring (bicyclic) bond motifs is 1. The Morgan fingerprint density at radius 2 is 1.80 bits per heavy atom. The van der Waals surface area contributed by atoms with E-state index >= 15 is 0 Å². The zero-order chi connectivity index (χ0) is 20.7. The van der Waals surface area contributed by atoms with Crippen molar-refractivity contribution in [2.24, 2.45) is 0 Å². The number of aryl methyl sites for hydroxylation is 1. The number of pyridine rings is 1. The number of benzene rings is 1. The number of aromatic nitrogens is 3. The van der Waals surface area contributed by atoms with E-state index in [1.54, 1.807) is 11.3 Å². The van der Waals surface area contributed by atoms with Crippen molar-refractivity contribution >= 4 is 28.3 Å². The second-order valence-electron chi connectivity index (χ2n) is 7.66. The summed E-state index contributed by atoms with van der Waals surface area (Å²) in [6, 6.07) is 16.0. The molecule has 1 aliphatic rings. The highest BCUT2D eigenvalue weighted by atomic mass is 32.1. The van der Waals surface area contributed by atoms with E-state index in [9.17, 15) is 4.79 Å². The predicted molar refractivity (Wildman–Crippen MR) is 120 cm³/mol. The van der Waals surface area contributed by atoms with Crippen LogP contribution < -0.4 is 0 Å². The molecule has 0 spiro atoms. The van der Waals surface area contributed by atoms with Crippen molar-refractivity contribution in [2.75, 3.05) is 33.2 Å². The summed E-state index contributed by atoms with van der Waals surface area (Å²) < 4.78 is 1.85. The molecule has 0 bridgehead atoms. The lowest BCUT2D eigenvalue weighted by Crippen LogP contribution is -2.47. The molecule has 152 valence electrons. The van der Waals surface area contributed by atoms with Gasteiger partial charge in [-0.05, 0) is 43.6 Å². The molecule has 1 fully saturated rings. The number of carbonyl (C=O) groups is 1. The normalized spacial score (nSPS) is 15.1. The van der Waals surface area contributed by atoms with Gasteiger partial charge in [-0.1, -0.05) is 24.3 Å². The largest absolute Gasteiger partial charge is 0.336 e. The number of nitrogens with zero attached hydrogens (tertiary/aromatic N) is 5. The first-order valence-electron chi connectivity index (χ1n) is 10.1. The fourth-order valence-electron chi connectivity index (χ4n) is 3.94. The number of hydrogen-bond acceptors (Lipinski definition) is 5. The van der Waals surface area contributed by atoms with E-state index in [0.29, 0.717) is 5.56 Å². The number of para-hydroxylation sites is 1. The molecule has 0 atom stereocenters. The number of rotatable bonds is 3. The van der Waals surface area contributed by atoms with Crippen LogP contribution in [0, 0.1) is 6.92 Å². The summed E-state index contributed by atoms with van der Waals surface area (Å²) >= 11 is 1.63. The minimum Gasteiger partial charge on any atom is -0.336 e. The van der Waals surface area contributed by atoms with Crippen molar-refractivity contribution in [1.29, 1.82) is 0 Å². The first kappa shape index (κ1) is 19.0. The lowest BCUT2D eigenvalue weighted by molar-refractivity contribution is 0.0666.